The van der Waals surface area contributed by atoms with Crippen molar-refractivity contribution in [2.45, 2.75) is 347 Å². The van der Waals surface area contributed by atoms with Crippen molar-refractivity contribution in [3.63, 3.8) is 0 Å². The van der Waals surface area contributed by atoms with Gasteiger partial charge in [-0.1, -0.05) is 302 Å². The first-order valence-corrected chi connectivity index (χ1v) is 33.2. The number of phosphoric acid groups is 1. The summed E-state index contributed by atoms with van der Waals surface area (Å²) in [5.74, 6) is -0.803. The fourth-order valence-corrected chi connectivity index (χ4v) is 10.5. The number of phosphoric ester groups is 1. The van der Waals surface area contributed by atoms with E-state index in [-0.39, 0.29) is 38.6 Å². The van der Waals surface area contributed by atoms with Crippen molar-refractivity contribution in [2.24, 2.45) is 5.73 Å². The van der Waals surface area contributed by atoms with E-state index >= 15 is 0 Å². The van der Waals surface area contributed by atoms with Gasteiger partial charge in [0.2, 0.25) is 0 Å². The second-order valence-corrected chi connectivity index (χ2v) is 23.1. The molecule has 10 heteroatoms. The molecule has 9 nitrogen and oxygen atoms in total. The van der Waals surface area contributed by atoms with Gasteiger partial charge < -0.3 is 20.1 Å². The molecule has 0 bridgehead atoms. The van der Waals surface area contributed by atoms with Crippen molar-refractivity contribution >= 4 is 19.8 Å². The Morgan fingerprint density at radius 3 is 0.986 bits per heavy atom. The van der Waals surface area contributed by atoms with Crippen LogP contribution in [0.1, 0.15) is 341 Å². The van der Waals surface area contributed by atoms with Crippen LogP contribution in [0.3, 0.4) is 0 Å². The van der Waals surface area contributed by atoms with Gasteiger partial charge in [0.1, 0.15) is 6.61 Å². The van der Waals surface area contributed by atoms with Crippen molar-refractivity contribution < 1.29 is 37.6 Å². The van der Waals surface area contributed by atoms with Gasteiger partial charge in [0.25, 0.3) is 0 Å². The fraction of sp³-hybridized carbons (Fsp3) is 0.935. The van der Waals surface area contributed by atoms with E-state index in [1.54, 1.807) is 0 Å². The summed E-state index contributed by atoms with van der Waals surface area (Å²) in [6.45, 7) is 3.82. The lowest BCUT2D eigenvalue weighted by molar-refractivity contribution is -0.161. The third kappa shape index (κ3) is 58.0. The fourth-order valence-electron chi connectivity index (χ4n) is 9.69. The summed E-state index contributed by atoms with van der Waals surface area (Å²) in [6, 6.07) is 0. The third-order valence-corrected chi connectivity index (χ3v) is 15.4. The van der Waals surface area contributed by atoms with Crippen LogP contribution in [0.25, 0.3) is 0 Å². The summed E-state index contributed by atoms with van der Waals surface area (Å²) in [4.78, 5) is 35.2. The number of nitrogens with two attached hydrogens (primary N) is 1. The highest BCUT2D eigenvalue weighted by Gasteiger charge is 2.26. The van der Waals surface area contributed by atoms with Crippen molar-refractivity contribution in [1.29, 1.82) is 0 Å². The van der Waals surface area contributed by atoms with Crippen molar-refractivity contribution in [2.75, 3.05) is 26.4 Å². The molecule has 2 unspecified atom stereocenters. The first-order valence-electron chi connectivity index (χ1n) is 31.7. The van der Waals surface area contributed by atoms with E-state index in [9.17, 15) is 19.0 Å². The Hall–Kier alpha value is -1.25. The molecule has 0 aliphatic heterocycles. The number of hydrogen-bond acceptors (Lipinski definition) is 8. The monoisotopic (exact) mass is 1040 g/mol. The lowest BCUT2D eigenvalue weighted by Gasteiger charge is -2.19. The quantitative estimate of drug-likeness (QED) is 0.0264. The summed E-state index contributed by atoms with van der Waals surface area (Å²) in [7, 11) is -4.38. The minimum Gasteiger partial charge on any atom is -0.462 e. The number of carbonyl (C=O) groups is 2. The van der Waals surface area contributed by atoms with Crippen LogP contribution >= 0.6 is 7.82 Å². The lowest BCUT2D eigenvalue weighted by atomic mass is 10.0. The number of rotatable bonds is 61. The number of esters is 2. The van der Waals surface area contributed by atoms with E-state index in [0.717, 1.165) is 32.1 Å². The average Bonchev–Trinajstić information content (AvgIpc) is 3.37. The molecule has 0 amide bonds. The van der Waals surface area contributed by atoms with E-state index in [0.29, 0.717) is 6.42 Å². The Labute approximate surface area is 447 Å². The molecular weight excluding hydrogens is 918 g/mol. The summed E-state index contributed by atoms with van der Waals surface area (Å²) in [5, 5.41) is 0. The Bertz CT molecular complexity index is 1190. The molecule has 72 heavy (non-hydrogen) atoms. The topological polar surface area (TPSA) is 134 Å². The molecule has 3 N–H and O–H groups in total. The van der Waals surface area contributed by atoms with Crippen LogP contribution in [0, 0.1) is 0 Å². The minimum atomic E-state index is -4.38. The maximum Gasteiger partial charge on any atom is 0.472 e. The van der Waals surface area contributed by atoms with E-state index in [2.05, 4.69) is 26.0 Å². The molecule has 0 rings (SSSR count). The predicted octanol–water partition coefficient (Wildman–Crippen LogP) is 20.0. The van der Waals surface area contributed by atoms with Gasteiger partial charge in [0.15, 0.2) is 6.10 Å². The van der Waals surface area contributed by atoms with Crippen LogP contribution in [-0.4, -0.2) is 49.3 Å². The Balaban J connectivity index is 3.84. The molecule has 2 atom stereocenters. The number of ether oxygens (including phenoxy) is 2. The molecule has 428 valence electrons. The van der Waals surface area contributed by atoms with Gasteiger partial charge in [-0.05, 0) is 38.5 Å². The van der Waals surface area contributed by atoms with Gasteiger partial charge in [-0.3, -0.25) is 18.6 Å². The van der Waals surface area contributed by atoms with Gasteiger partial charge in [0.05, 0.1) is 13.2 Å². The van der Waals surface area contributed by atoms with Crippen LogP contribution in [0.4, 0.5) is 0 Å². The number of hydrogen-bond donors (Lipinski definition) is 2. The predicted molar refractivity (Wildman–Crippen MR) is 308 cm³/mol. The van der Waals surface area contributed by atoms with Crippen LogP contribution in [0.15, 0.2) is 12.2 Å². The maximum atomic E-state index is 12.7. The zero-order chi connectivity index (χ0) is 52.4. The van der Waals surface area contributed by atoms with E-state index in [1.807, 2.05) is 0 Å². The Morgan fingerprint density at radius 1 is 0.403 bits per heavy atom. The standard InChI is InChI=1S/C62H122NO8P/c1-3-5-7-9-11-13-15-17-19-21-23-25-26-27-28-29-30-31-32-33-34-35-37-39-41-43-45-47-49-51-53-55-62(65)71-60(59-70-72(66,67)69-57-56-63)58-68-61(64)54-52-50-48-46-44-42-40-38-36-24-22-20-18-16-14-12-10-8-6-4-2/h21,23,60H,3-20,22,24-59,63H2,1-2H3,(H,66,67)/b23-21-. The smallest absolute Gasteiger partial charge is 0.462 e. The van der Waals surface area contributed by atoms with Crippen molar-refractivity contribution in [1.82, 2.24) is 0 Å². The van der Waals surface area contributed by atoms with E-state index < -0.39 is 26.5 Å². The third-order valence-electron chi connectivity index (χ3n) is 14.4. The number of carbonyl (C=O) groups excluding carboxylic acids is 2. The van der Waals surface area contributed by atoms with Gasteiger partial charge in [-0.25, -0.2) is 4.57 Å². The van der Waals surface area contributed by atoms with Crippen LogP contribution < -0.4 is 5.73 Å². The highest BCUT2D eigenvalue weighted by Crippen LogP contribution is 2.43. The molecule has 0 aromatic heterocycles. The summed E-state index contributed by atoms with van der Waals surface area (Å²) in [5.41, 5.74) is 5.39. The highest BCUT2D eigenvalue weighted by molar-refractivity contribution is 7.47. The van der Waals surface area contributed by atoms with Gasteiger partial charge in [0, 0.05) is 19.4 Å². The SMILES string of the molecule is CCCCCCCCCC/C=C\CCCCCCCCCCCCCCCCCCCCCC(=O)OC(COC(=O)CCCCCCCCCCCCCCCCCCCCCC)COP(=O)(O)OCCN. The second-order valence-electron chi connectivity index (χ2n) is 21.6. The van der Waals surface area contributed by atoms with Gasteiger partial charge in [-0.2, -0.15) is 0 Å². The molecule has 0 aromatic carbocycles. The van der Waals surface area contributed by atoms with Crippen molar-refractivity contribution in [3.05, 3.63) is 12.2 Å². The molecule has 0 saturated heterocycles. The zero-order valence-electron chi connectivity index (χ0n) is 48.0. The molecule has 0 radical (unpaired) electrons. The van der Waals surface area contributed by atoms with Gasteiger partial charge in [-0.15, -0.1) is 0 Å². The molecular formula is C62H122NO8P. The molecule has 0 aromatic rings. The van der Waals surface area contributed by atoms with Crippen molar-refractivity contribution in [3.8, 4) is 0 Å². The van der Waals surface area contributed by atoms with Gasteiger partial charge >= 0.3 is 19.8 Å². The molecule has 0 spiro atoms. The normalized spacial score (nSPS) is 13.0. The molecule has 0 aliphatic carbocycles. The summed E-state index contributed by atoms with van der Waals surface area (Å²) >= 11 is 0. The summed E-state index contributed by atoms with van der Waals surface area (Å²) < 4.78 is 33.1. The second kappa shape index (κ2) is 59.0. The number of unbranched alkanes of at least 4 members (excludes halogenated alkanes) is 46. The van der Waals surface area contributed by atoms with Crippen LogP contribution in [-0.2, 0) is 32.7 Å². The van der Waals surface area contributed by atoms with Crippen LogP contribution in [0.2, 0.25) is 0 Å². The van der Waals surface area contributed by atoms with Crippen LogP contribution in [0.5, 0.6) is 0 Å². The highest BCUT2D eigenvalue weighted by atomic mass is 31.2. The Kier molecular flexibility index (Phi) is 58.0. The zero-order valence-corrected chi connectivity index (χ0v) is 48.8. The summed E-state index contributed by atoms with van der Waals surface area (Å²) in [6.07, 6.45) is 68.6. The first kappa shape index (κ1) is 70.8. The lowest BCUT2D eigenvalue weighted by Crippen LogP contribution is -2.29. The molecule has 0 saturated carbocycles. The Morgan fingerprint density at radius 2 is 0.681 bits per heavy atom. The molecule has 0 fully saturated rings. The molecule has 0 heterocycles. The van der Waals surface area contributed by atoms with E-state index in [1.165, 1.54) is 276 Å². The number of allylic oxidation sites excluding steroid dienone is 2. The first-order chi connectivity index (χ1) is 35.3. The maximum absolute atomic E-state index is 12.7. The largest absolute Gasteiger partial charge is 0.472 e. The van der Waals surface area contributed by atoms with E-state index in [4.69, 9.17) is 24.3 Å². The minimum absolute atomic E-state index is 0.0577. The average molecular weight is 1040 g/mol. The molecule has 0 aliphatic rings.